The topological polar surface area (TPSA) is 75.3 Å². The quantitative estimate of drug-likeness (QED) is 0.413. The van der Waals surface area contributed by atoms with Crippen molar-refractivity contribution in [2.75, 3.05) is 0 Å². The first-order chi connectivity index (χ1) is 9.13. The molecule has 2 fully saturated rings. The van der Waals surface area contributed by atoms with Gasteiger partial charge in [-0.2, -0.15) is 0 Å². The van der Waals surface area contributed by atoms with Crippen LogP contribution in [0.4, 0.5) is 0 Å². The molecule has 116 valence electrons. The predicted molar refractivity (Wildman–Crippen MR) is 79.5 cm³/mol. The monoisotopic (exact) mass is 282 g/mol. The van der Waals surface area contributed by atoms with E-state index in [1.807, 2.05) is 6.92 Å². The van der Waals surface area contributed by atoms with Crippen molar-refractivity contribution in [3.63, 3.8) is 0 Å². The first-order valence-electron chi connectivity index (χ1n) is 7.85. The molecule has 0 aromatic carbocycles. The second-order valence-corrected chi connectivity index (χ2v) is 8.12. The van der Waals surface area contributed by atoms with Gasteiger partial charge < -0.3 is 5.11 Å². The van der Waals surface area contributed by atoms with Gasteiger partial charge in [-0.1, -0.05) is 27.2 Å². The number of rotatable bonds is 2. The maximum atomic E-state index is 11.8. The molecule has 0 aromatic rings. The Morgan fingerprint density at radius 3 is 2.50 bits per heavy atom. The van der Waals surface area contributed by atoms with E-state index in [0.717, 1.165) is 19.3 Å². The SMILES string of the molecule is CC1(C)CCC[C@@]2(C)[C@H]1CC[C@](C)(O)[C@H]2CC(=O)NN. The summed E-state index contributed by atoms with van der Waals surface area (Å²) in [5, 5.41) is 10.8. The Morgan fingerprint density at radius 2 is 1.90 bits per heavy atom. The molecule has 20 heavy (non-hydrogen) atoms. The summed E-state index contributed by atoms with van der Waals surface area (Å²) in [4.78, 5) is 11.8. The summed E-state index contributed by atoms with van der Waals surface area (Å²) in [7, 11) is 0. The van der Waals surface area contributed by atoms with Crippen molar-refractivity contribution in [3.05, 3.63) is 0 Å². The highest BCUT2D eigenvalue weighted by atomic mass is 16.3. The van der Waals surface area contributed by atoms with Crippen molar-refractivity contribution in [1.29, 1.82) is 0 Å². The highest BCUT2D eigenvalue weighted by Gasteiger charge is 2.58. The fourth-order valence-corrected chi connectivity index (χ4v) is 5.32. The average Bonchev–Trinajstić information content (AvgIpc) is 2.32. The van der Waals surface area contributed by atoms with Crippen molar-refractivity contribution in [1.82, 2.24) is 5.43 Å². The van der Waals surface area contributed by atoms with Gasteiger partial charge in [0.1, 0.15) is 0 Å². The summed E-state index contributed by atoms with van der Waals surface area (Å²) in [6.07, 6.45) is 5.67. The smallest absolute Gasteiger partial charge is 0.234 e. The molecule has 0 radical (unpaired) electrons. The number of carbonyl (C=O) groups excluding carboxylic acids is 1. The third-order valence-electron chi connectivity index (χ3n) is 6.31. The zero-order valence-corrected chi connectivity index (χ0v) is 13.3. The molecule has 4 atom stereocenters. The molecule has 0 spiro atoms. The summed E-state index contributed by atoms with van der Waals surface area (Å²) >= 11 is 0. The summed E-state index contributed by atoms with van der Waals surface area (Å²) in [6.45, 7) is 8.86. The third kappa shape index (κ3) is 2.48. The molecule has 4 nitrogen and oxygen atoms in total. The maximum absolute atomic E-state index is 11.8. The van der Waals surface area contributed by atoms with Gasteiger partial charge in [-0.3, -0.25) is 10.2 Å². The van der Waals surface area contributed by atoms with E-state index < -0.39 is 5.60 Å². The van der Waals surface area contributed by atoms with Crippen LogP contribution in [-0.4, -0.2) is 16.6 Å². The van der Waals surface area contributed by atoms with Crippen LogP contribution in [0, 0.1) is 22.7 Å². The lowest BCUT2D eigenvalue weighted by Gasteiger charge is -2.61. The Morgan fingerprint density at radius 1 is 1.25 bits per heavy atom. The third-order valence-corrected chi connectivity index (χ3v) is 6.31. The summed E-state index contributed by atoms with van der Waals surface area (Å²) in [6, 6.07) is 0. The normalized spacial score (nSPS) is 43.7. The maximum Gasteiger partial charge on any atom is 0.234 e. The van der Waals surface area contributed by atoms with E-state index in [2.05, 4.69) is 26.2 Å². The molecular formula is C16H30N2O2. The van der Waals surface area contributed by atoms with Gasteiger partial charge in [0.25, 0.3) is 0 Å². The van der Waals surface area contributed by atoms with Gasteiger partial charge in [0.15, 0.2) is 0 Å². The van der Waals surface area contributed by atoms with Crippen molar-refractivity contribution in [2.24, 2.45) is 28.5 Å². The van der Waals surface area contributed by atoms with E-state index in [4.69, 9.17) is 5.84 Å². The van der Waals surface area contributed by atoms with Gasteiger partial charge in [0.2, 0.25) is 5.91 Å². The van der Waals surface area contributed by atoms with Crippen LogP contribution in [0.15, 0.2) is 0 Å². The Labute approximate surface area is 122 Å². The molecule has 2 saturated carbocycles. The largest absolute Gasteiger partial charge is 0.390 e. The molecule has 0 aliphatic heterocycles. The van der Waals surface area contributed by atoms with Gasteiger partial charge in [-0.15, -0.1) is 0 Å². The van der Waals surface area contributed by atoms with Crippen LogP contribution in [0.2, 0.25) is 0 Å². The van der Waals surface area contributed by atoms with Gasteiger partial charge in [0.05, 0.1) is 5.60 Å². The van der Waals surface area contributed by atoms with Crippen LogP contribution >= 0.6 is 0 Å². The van der Waals surface area contributed by atoms with Crippen molar-refractivity contribution >= 4 is 5.91 Å². The molecule has 0 saturated heterocycles. The zero-order chi connectivity index (χ0) is 15.2. The van der Waals surface area contributed by atoms with Crippen molar-refractivity contribution in [3.8, 4) is 0 Å². The number of hydrazine groups is 1. The Kier molecular flexibility index (Phi) is 3.93. The van der Waals surface area contributed by atoms with Gasteiger partial charge in [-0.05, 0) is 49.4 Å². The first-order valence-corrected chi connectivity index (χ1v) is 7.85. The average molecular weight is 282 g/mol. The first kappa shape index (κ1) is 15.8. The predicted octanol–water partition coefficient (Wildman–Crippen LogP) is 2.36. The summed E-state index contributed by atoms with van der Waals surface area (Å²) in [5.41, 5.74) is 1.78. The molecule has 2 rings (SSSR count). The number of nitrogens with one attached hydrogen (secondary N) is 1. The van der Waals surface area contributed by atoms with Crippen LogP contribution in [0.5, 0.6) is 0 Å². The fourth-order valence-electron chi connectivity index (χ4n) is 5.32. The van der Waals surface area contributed by atoms with Crippen LogP contribution in [0.3, 0.4) is 0 Å². The van der Waals surface area contributed by atoms with Gasteiger partial charge in [0, 0.05) is 12.3 Å². The fraction of sp³-hybridized carbons (Fsp3) is 0.938. The van der Waals surface area contributed by atoms with E-state index in [0.29, 0.717) is 17.8 Å². The highest BCUT2D eigenvalue weighted by Crippen LogP contribution is 2.62. The molecule has 1 amide bonds. The van der Waals surface area contributed by atoms with E-state index in [1.165, 1.54) is 12.8 Å². The van der Waals surface area contributed by atoms with E-state index in [9.17, 15) is 9.90 Å². The molecule has 0 heterocycles. The lowest BCUT2D eigenvalue weighted by molar-refractivity contribution is -0.173. The molecule has 0 bridgehead atoms. The van der Waals surface area contributed by atoms with E-state index in [-0.39, 0.29) is 17.2 Å². The second kappa shape index (κ2) is 4.99. The second-order valence-electron chi connectivity index (χ2n) is 8.12. The number of fused-ring (bicyclic) bond motifs is 1. The minimum atomic E-state index is -0.773. The number of amides is 1. The number of hydrogen-bond acceptors (Lipinski definition) is 3. The highest BCUT2D eigenvalue weighted by molar-refractivity contribution is 5.75. The molecule has 0 aromatic heterocycles. The Bertz CT molecular complexity index is 392. The molecule has 2 aliphatic rings. The van der Waals surface area contributed by atoms with Crippen LogP contribution in [0.25, 0.3) is 0 Å². The Hall–Kier alpha value is -0.610. The van der Waals surface area contributed by atoms with Crippen LogP contribution in [-0.2, 0) is 4.79 Å². The molecule has 4 heteroatoms. The molecular weight excluding hydrogens is 252 g/mol. The molecule has 2 aliphatic carbocycles. The number of nitrogens with two attached hydrogens (primary N) is 1. The van der Waals surface area contributed by atoms with E-state index in [1.54, 1.807) is 0 Å². The molecule has 4 N–H and O–H groups in total. The van der Waals surface area contributed by atoms with Crippen LogP contribution in [0.1, 0.15) is 66.2 Å². The zero-order valence-electron chi connectivity index (χ0n) is 13.3. The lowest BCUT2D eigenvalue weighted by atomic mass is 9.45. The van der Waals surface area contributed by atoms with Crippen molar-refractivity contribution in [2.45, 2.75) is 71.8 Å². The minimum Gasteiger partial charge on any atom is -0.390 e. The minimum absolute atomic E-state index is 0.0168. The summed E-state index contributed by atoms with van der Waals surface area (Å²) in [5.74, 6) is 5.65. The van der Waals surface area contributed by atoms with Gasteiger partial charge >= 0.3 is 0 Å². The van der Waals surface area contributed by atoms with E-state index >= 15 is 0 Å². The van der Waals surface area contributed by atoms with Crippen molar-refractivity contribution < 1.29 is 9.90 Å². The van der Waals surface area contributed by atoms with Crippen LogP contribution < -0.4 is 11.3 Å². The standard InChI is InChI=1S/C16H30N2O2/c1-14(2)7-5-8-15(3)11(14)6-9-16(4,20)12(15)10-13(19)18-17/h11-12,20H,5-10,17H2,1-4H3,(H,18,19)/t11-,12-,15-,16-/m0/s1. The number of hydrogen-bond donors (Lipinski definition) is 3. The number of carbonyl (C=O) groups is 1. The van der Waals surface area contributed by atoms with Gasteiger partial charge in [-0.25, -0.2) is 5.84 Å². The lowest BCUT2D eigenvalue weighted by Crippen LogP contribution is -2.58. The summed E-state index contributed by atoms with van der Waals surface area (Å²) < 4.78 is 0. The molecule has 0 unspecified atom stereocenters. The Balaban J connectivity index is 2.35. The number of aliphatic hydroxyl groups is 1.